The van der Waals surface area contributed by atoms with Crippen LogP contribution in [0.25, 0.3) is 6.08 Å². The van der Waals surface area contributed by atoms with Crippen molar-refractivity contribution in [3.05, 3.63) is 64.3 Å². The molecule has 0 spiro atoms. The molecule has 0 amide bonds. The summed E-state index contributed by atoms with van der Waals surface area (Å²) in [6.45, 7) is 9.56. The number of rotatable bonds is 11. The second-order valence-corrected chi connectivity index (χ2v) is 7.84. The van der Waals surface area contributed by atoms with Crippen molar-refractivity contribution in [2.24, 2.45) is 0 Å². The Bertz CT molecular complexity index is 808. The fourth-order valence-corrected chi connectivity index (χ4v) is 3.14. The van der Waals surface area contributed by atoms with Gasteiger partial charge in [0.25, 0.3) is 0 Å². The van der Waals surface area contributed by atoms with Gasteiger partial charge in [0.05, 0.1) is 38.2 Å². The smallest absolute Gasteiger partial charge is 0.117 e. The molecule has 0 aliphatic heterocycles. The number of hydrogen-bond donors (Lipinski definition) is 0. The van der Waals surface area contributed by atoms with Crippen LogP contribution in [0, 0.1) is 11.8 Å². The van der Waals surface area contributed by atoms with E-state index in [1.54, 1.807) is 24.7 Å². The van der Waals surface area contributed by atoms with Crippen molar-refractivity contribution in [2.75, 3.05) is 33.4 Å². The molecule has 5 heteroatoms. The monoisotopic (exact) mass is 413 g/mol. The molecule has 0 saturated carbocycles. The lowest BCUT2D eigenvalue weighted by Gasteiger charge is -2.26. The van der Waals surface area contributed by atoms with Crippen LogP contribution in [0.15, 0.2) is 57.4 Å². The molecule has 2 aromatic rings. The average Bonchev–Trinajstić information content (AvgIpc) is 3.42. The minimum Gasteiger partial charge on any atom is -0.468 e. The summed E-state index contributed by atoms with van der Waals surface area (Å²) in [6.07, 6.45) is 7.72. The lowest BCUT2D eigenvalue weighted by molar-refractivity contribution is 0.0387. The molecule has 0 bridgehead atoms. The van der Waals surface area contributed by atoms with Gasteiger partial charge in [-0.15, -0.1) is 0 Å². The fourth-order valence-electron chi connectivity index (χ4n) is 2.51. The van der Waals surface area contributed by atoms with Crippen LogP contribution in [0.4, 0.5) is 0 Å². The van der Waals surface area contributed by atoms with Crippen molar-refractivity contribution in [1.82, 2.24) is 4.90 Å². The van der Waals surface area contributed by atoms with Gasteiger partial charge in [0.15, 0.2) is 0 Å². The zero-order valence-corrected chi connectivity index (χ0v) is 18.6. The van der Waals surface area contributed by atoms with Crippen molar-refractivity contribution in [3.8, 4) is 11.8 Å². The maximum absolute atomic E-state index is 5.83. The van der Waals surface area contributed by atoms with Crippen LogP contribution in [0.1, 0.15) is 32.1 Å². The van der Waals surface area contributed by atoms with Crippen molar-refractivity contribution >= 4 is 17.4 Å². The highest BCUT2D eigenvalue weighted by molar-refractivity contribution is 7.08. The Balaban J connectivity index is 1.89. The van der Waals surface area contributed by atoms with Crippen molar-refractivity contribution < 1.29 is 13.9 Å². The van der Waals surface area contributed by atoms with Crippen LogP contribution in [0.2, 0.25) is 0 Å². The van der Waals surface area contributed by atoms with Crippen molar-refractivity contribution in [1.29, 1.82) is 0 Å². The first-order valence-corrected chi connectivity index (χ1v) is 10.7. The lowest BCUT2D eigenvalue weighted by Crippen LogP contribution is -2.28. The van der Waals surface area contributed by atoms with Gasteiger partial charge < -0.3 is 13.9 Å². The van der Waals surface area contributed by atoms with E-state index in [4.69, 9.17) is 13.9 Å². The van der Waals surface area contributed by atoms with Gasteiger partial charge >= 0.3 is 0 Å². The van der Waals surface area contributed by atoms with E-state index in [1.807, 2.05) is 38.1 Å². The maximum atomic E-state index is 5.83. The van der Waals surface area contributed by atoms with E-state index < -0.39 is 5.60 Å². The highest BCUT2D eigenvalue weighted by atomic mass is 32.1. The second-order valence-electron chi connectivity index (χ2n) is 7.06. The zero-order chi connectivity index (χ0) is 21.0. The number of allylic oxidation sites excluding steroid dienone is 1. The number of thiophene rings is 1. The summed E-state index contributed by atoms with van der Waals surface area (Å²) in [5.41, 5.74) is 1.79. The third-order valence-corrected chi connectivity index (χ3v) is 5.37. The number of ether oxygens (including phenoxy) is 2. The first-order valence-electron chi connectivity index (χ1n) is 9.79. The standard InChI is InChI=1S/C24H31NO3S/c1-5-25(18-23-12-9-16-28-23)14-7-6-11-22(24(2,3)26-4)19-27-15-8-10-21-13-17-29-20-21/h8-13,16-17,20H,5,14-15,18-19H2,1-4H3/b10-8+,22-11+. The average molecular weight is 414 g/mol. The Morgan fingerprint density at radius 3 is 2.86 bits per heavy atom. The molecule has 0 radical (unpaired) electrons. The summed E-state index contributed by atoms with van der Waals surface area (Å²) in [7, 11) is 1.71. The Morgan fingerprint density at radius 1 is 1.34 bits per heavy atom. The number of nitrogens with zero attached hydrogens (tertiary/aromatic N) is 1. The molecule has 0 atom stereocenters. The van der Waals surface area contributed by atoms with Gasteiger partial charge in [0, 0.05) is 7.11 Å². The molecule has 0 N–H and O–H groups in total. The summed E-state index contributed by atoms with van der Waals surface area (Å²) in [5, 5.41) is 4.17. The molecule has 0 aromatic carbocycles. The van der Waals surface area contributed by atoms with E-state index in [2.05, 4.69) is 46.6 Å². The fraction of sp³-hybridized carbons (Fsp3) is 0.417. The van der Waals surface area contributed by atoms with Crippen LogP contribution in [0.3, 0.4) is 0 Å². The highest BCUT2D eigenvalue weighted by Gasteiger charge is 2.22. The topological polar surface area (TPSA) is 34.8 Å². The molecule has 0 unspecified atom stereocenters. The lowest BCUT2D eigenvalue weighted by atomic mass is 9.98. The predicted molar refractivity (Wildman–Crippen MR) is 121 cm³/mol. The van der Waals surface area contributed by atoms with Gasteiger partial charge in [-0.05, 0) is 66.6 Å². The molecule has 4 nitrogen and oxygen atoms in total. The van der Waals surface area contributed by atoms with Gasteiger partial charge in [-0.3, -0.25) is 4.90 Å². The van der Waals surface area contributed by atoms with E-state index >= 15 is 0 Å². The summed E-state index contributed by atoms with van der Waals surface area (Å²) in [5.74, 6) is 7.36. The molecule has 2 aromatic heterocycles. The molecule has 0 aliphatic rings. The van der Waals surface area contributed by atoms with Crippen molar-refractivity contribution in [2.45, 2.75) is 32.9 Å². The van der Waals surface area contributed by atoms with E-state index in [0.29, 0.717) is 19.8 Å². The molecule has 29 heavy (non-hydrogen) atoms. The van der Waals surface area contributed by atoms with Gasteiger partial charge in [-0.25, -0.2) is 0 Å². The van der Waals surface area contributed by atoms with E-state index in [1.165, 1.54) is 5.56 Å². The SMILES string of the molecule is CCN(CC#C/C=C(\COC/C=C/c1ccsc1)C(C)(C)OC)Cc1ccco1. The summed E-state index contributed by atoms with van der Waals surface area (Å²) in [4.78, 5) is 2.23. The molecular formula is C24H31NO3S. The van der Waals surface area contributed by atoms with Crippen LogP contribution in [-0.4, -0.2) is 43.9 Å². The first-order chi connectivity index (χ1) is 14.0. The largest absolute Gasteiger partial charge is 0.468 e. The zero-order valence-electron chi connectivity index (χ0n) is 17.8. The first kappa shape index (κ1) is 23.2. The molecule has 2 rings (SSSR count). The number of hydrogen-bond acceptors (Lipinski definition) is 5. The van der Waals surface area contributed by atoms with E-state index in [9.17, 15) is 0 Å². The van der Waals surface area contributed by atoms with Gasteiger partial charge in [-0.2, -0.15) is 11.3 Å². The quantitative estimate of drug-likeness (QED) is 0.372. The van der Waals surface area contributed by atoms with Crippen molar-refractivity contribution in [3.63, 3.8) is 0 Å². The summed E-state index contributed by atoms with van der Waals surface area (Å²) in [6, 6.07) is 5.98. The third kappa shape index (κ3) is 8.43. The van der Waals surface area contributed by atoms with Crippen LogP contribution in [-0.2, 0) is 16.0 Å². The molecule has 0 saturated heterocycles. The second kappa shape index (κ2) is 12.5. The molecule has 0 aliphatic carbocycles. The predicted octanol–water partition coefficient (Wildman–Crippen LogP) is 5.25. The summed E-state index contributed by atoms with van der Waals surface area (Å²) < 4.78 is 16.9. The molecule has 156 valence electrons. The molecule has 2 heterocycles. The Hall–Kier alpha value is -2.10. The maximum Gasteiger partial charge on any atom is 0.117 e. The van der Waals surface area contributed by atoms with Gasteiger partial charge in [-0.1, -0.05) is 30.9 Å². The third-order valence-electron chi connectivity index (χ3n) is 4.67. The van der Waals surface area contributed by atoms with Crippen LogP contribution >= 0.6 is 11.3 Å². The Morgan fingerprint density at radius 2 is 2.21 bits per heavy atom. The molecular weight excluding hydrogens is 382 g/mol. The molecule has 0 fully saturated rings. The Labute approximate surface area is 178 Å². The van der Waals surface area contributed by atoms with E-state index in [-0.39, 0.29) is 0 Å². The van der Waals surface area contributed by atoms with Gasteiger partial charge in [0.1, 0.15) is 5.76 Å². The van der Waals surface area contributed by atoms with Gasteiger partial charge in [0.2, 0.25) is 0 Å². The Kier molecular flexibility index (Phi) is 9.96. The van der Waals surface area contributed by atoms with Crippen LogP contribution in [0.5, 0.6) is 0 Å². The minimum atomic E-state index is -0.426. The van der Waals surface area contributed by atoms with E-state index in [0.717, 1.165) is 24.4 Å². The highest BCUT2D eigenvalue weighted by Crippen LogP contribution is 2.20. The van der Waals surface area contributed by atoms with Crippen LogP contribution < -0.4 is 0 Å². The summed E-state index contributed by atoms with van der Waals surface area (Å²) >= 11 is 1.69. The number of methoxy groups -OCH3 is 1. The minimum absolute atomic E-state index is 0.426. The number of furan rings is 1. The normalized spacial score (nSPS) is 12.5.